The summed E-state index contributed by atoms with van der Waals surface area (Å²) in [6.07, 6.45) is 0. The van der Waals surface area contributed by atoms with E-state index in [1.807, 2.05) is 13.1 Å². The molecule has 4 heteroatoms. The number of ether oxygens (including phenoxy) is 1. The lowest BCUT2D eigenvalue weighted by molar-refractivity contribution is 0.414. The Labute approximate surface area is 111 Å². The minimum absolute atomic E-state index is 0.384. The summed E-state index contributed by atoms with van der Waals surface area (Å²) in [6, 6.07) is 8.98. The van der Waals surface area contributed by atoms with Gasteiger partial charge in [0.05, 0.1) is 7.11 Å². The Balaban J connectivity index is 2.54. The number of benzene rings is 2. The summed E-state index contributed by atoms with van der Waals surface area (Å²) in [6.45, 7) is 0.573. The second-order valence-corrected chi connectivity index (χ2v) is 4.18. The molecule has 0 heterocycles. The normalized spacial score (nSPS) is 10.5. The van der Waals surface area contributed by atoms with Gasteiger partial charge in [0.25, 0.3) is 0 Å². The maximum absolute atomic E-state index is 13.8. The molecule has 0 bridgehead atoms. The molecule has 0 unspecified atom stereocenters. The molecule has 2 aromatic rings. The molecule has 0 spiro atoms. The van der Waals surface area contributed by atoms with Crippen LogP contribution in [0.4, 0.5) is 8.78 Å². The van der Waals surface area contributed by atoms with Crippen molar-refractivity contribution in [3.8, 4) is 16.9 Å². The van der Waals surface area contributed by atoms with Crippen LogP contribution >= 0.6 is 0 Å². The van der Waals surface area contributed by atoms with Crippen LogP contribution in [0.2, 0.25) is 0 Å². The lowest BCUT2D eigenvalue weighted by Gasteiger charge is -2.12. The Kier molecular flexibility index (Phi) is 4.12. The molecule has 0 radical (unpaired) electrons. The van der Waals surface area contributed by atoms with Gasteiger partial charge in [0.1, 0.15) is 17.4 Å². The highest BCUT2D eigenvalue weighted by Crippen LogP contribution is 2.29. The van der Waals surface area contributed by atoms with Crippen molar-refractivity contribution < 1.29 is 13.5 Å². The summed E-state index contributed by atoms with van der Waals surface area (Å²) >= 11 is 0. The fourth-order valence-corrected chi connectivity index (χ4v) is 2.00. The summed E-state index contributed by atoms with van der Waals surface area (Å²) in [5.41, 5.74) is 2.01. The van der Waals surface area contributed by atoms with Crippen LogP contribution in [0.3, 0.4) is 0 Å². The lowest BCUT2D eigenvalue weighted by atomic mass is 9.98. The lowest BCUT2D eigenvalue weighted by Crippen LogP contribution is -2.07. The highest BCUT2D eigenvalue weighted by atomic mass is 19.1. The number of halogens is 2. The van der Waals surface area contributed by atoms with Gasteiger partial charge < -0.3 is 10.1 Å². The fraction of sp³-hybridized carbons (Fsp3) is 0.200. The van der Waals surface area contributed by atoms with E-state index in [1.54, 1.807) is 19.2 Å². The van der Waals surface area contributed by atoms with Gasteiger partial charge in [-0.3, -0.25) is 0 Å². The number of rotatable bonds is 4. The molecule has 0 saturated carbocycles. The van der Waals surface area contributed by atoms with Crippen LogP contribution in [0.5, 0.6) is 5.75 Å². The zero-order valence-electron chi connectivity index (χ0n) is 10.8. The molecule has 0 aliphatic rings. The highest BCUT2D eigenvalue weighted by Gasteiger charge is 2.11. The predicted octanol–water partition coefficient (Wildman–Crippen LogP) is 3.36. The van der Waals surface area contributed by atoms with E-state index in [9.17, 15) is 8.78 Å². The van der Waals surface area contributed by atoms with Crippen molar-refractivity contribution in [2.24, 2.45) is 0 Å². The standard InChI is InChI=1S/C15H15F2NO/c1-18-9-10-7-12(19-2)4-6-13(10)14-5-3-11(16)8-15(14)17/h3-8,18H,9H2,1-2H3. The third-order valence-electron chi connectivity index (χ3n) is 2.90. The van der Waals surface area contributed by atoms with Gasteiger partial charge in [-0.1, -0.05) is 6.07 Å². The van der Waals surface area contributed by atoms with Gasteiger partial charge in [-0.2, -0.15) is 0 Å². The molecule has 1 N–H and O–H groups in total. The summed E-state index contributed by atoms with van der Waals surface area (Å²) < 4.78 is 32.0. The van der Waals surface area contributed by atoms with Crippen molar-refractivity contribution in [2.45, 2.75) is 6.54 Å². The van der Waals surface area contributed by atoms with Gasteiger partial charge in [-0.15, -0.1) is 0 Å². The van der Waals surface area contributed by atoms with E-state index in [1.165, 1.54) is 12.1 Å². The zero-order chi connectivity index (χ0) is 13.8. The molecular formula is C15H15F2NO. The van der Waals surface area contributed by atoms with Crippen LogP contribution < -0.4 is 10.1 Å². The minimum Gasteiger partial charge on any atom is -0.497 e. The second-order valence-electron chi connectivity index (χ2n) is 4.18. The Bertz CT molecular complexity index is 584. The third kappa shape index (κ3) is 2.90. The summed E-state index contributed by atoms with van der Waals surface area (Å²) in [7, 11) is 3.39. The van der Waals surface area contributed by atoms with Gasteiger partial charge in [0.2, 0.25) is 0 Å². The molecule has 2 aromatic carbocycles. The first-order chi connectivity index (χ1) is 9.15. The number of hydrogen-bond acceptors (Lipinski definition) is 2. The highest BCUT2D eigenvalue weighted by molar-refractivity contribution is 5.69. The molecular weight excluding hydrogens is 248 g/mol. The third-order valence-corrected chi connectivity index (χ3v) is 2.90. The second kappa shape index (κ2) is 5.80. The summed E-state index contributed by atoms with van der Waals surface area (Å²) in [5, 5.41) is 3.02. The topological polar surface area (TPSA) is 21.3 Å². The van der Waals surface area contributed by atoms with Crippen molar-refractivity contribution in [1.82, 2.24) is 5.32 Å². The van der Waals surface area contributed by atoms with Crippen LogP contribution in [-0.4, -0.2) is 14.2 Å². The predicted molar refractivity (Wildman–Crippen MR) is 71.1 cm³/mol. The minimum atomic E-state index is -0.579. The first-order valence-corrected chi connectivity index (χ1v) is 5.92. The summed E-state index contributed by atoms with van der Waals surface area (Å²) in [5.74, 6) is -0.441. The van der Waals surface area contributed by atoms with Crippen LogP contribution in [0.15, 0.2) is 36.4 Å². The average molecular weight is 263 g/mol. The molecule has 0 aromatic heterocycles. The van der Waals surface area contributed by atoms with Crippen LogP contribution in [0, 0.1) is 11.6 Å². The van der Waals surface area contributed by atoms with Crippen LogP contribution in [0.1, 0.15) is 5.56 Å². The number of methoxy groups -OCH3 is 1. The van der Waals surface area contributed by atoms with Crippen molar-refractivity contribution in [2.75, 3.05) is 14.2 Å². The van der Waals surface area contributed by atoms with E-state index in [-0.39, 0.29) is 0 Å². The molecule has 19 heavy (non-hydrogen) atoms. The van der Waals surface area contributed by atoms with Crippen LogP contribution in [0.25, 0.3) is 11.1 Å². The molecule has 0 atom stereocenters. The van der Waals surface area contributed by atoms with E-state index < -0.39 is 11.6 Å². The first kappa shape index (κ1) is 13.5. The van der Waals surface area contributed by atoms with Gasteiger partial charge in [-0.25, -0.2) is 8.78 Å². The molecule has 0 aliphatic carbocycles. The van der Waals surface area contributed by atoms with E-state index in [4.69, 9.17) is 4.74 Å². The Morgan fingerprint density at radius 1 is 1.05 bits per heavy atom. The van der Waals surface area contributed by atoms with Crippen molar-refractivity contribution in [3.05, 3.63) is 53.6 Å². The monoisotopic (exact) mass is 263 g/mol. The van der Waals surface area contributed by atoms with Gasteiger partial charge in [0, 0.05) is 18.2 Å². The molecule has 0 aliphatic heterocycles. The Morgan fingerprint density at radius 3 is 2.42 bits per heavy atom. The number of hydrogen-bond donors (Lipinski definition) is 1. The van der Waals surface area contributed by atoms with Crippen molar-refractivity contribution >= 4 is 0 Å². The molecule has 0 fully saturated rings. The number of nitrogens with one attached hydrogen (secondary N) is 1. The van der Waals surface area contributed by atoms with Gasteiger partial charge in [-0.05, 0) is 42.4 Å². The zero-order valence-corrected chi connectivity index (χ0v) is 10.8. The molecule has 100 valence electrons. The van der Waals surface area contributed by atoms with E-state index in [0.29, 0.717) is 17.9 Å². The first-order valence-electron chi connectivity index (χ1n) is 5.92. The van der Waals surface area contributed by atoms with Gasteiger partial charge >= 0.3 is 0 Å². The smallest absolute Gasteiger partial charge is 0.133 e. The van der Waals surface area contributed by atoms with E-state index >= 15 is 0 Å². The Hall–Kier alpha value is -1.94. The maximum atomic E-state index is 13.8. The van der Waals surface area contributed by atoms with Crippen molar-refractivity contribution in [1.29, 1.82) is 0 Å². The van der Waals surface area contributed by atoms with Crippen molar-refractivity contribution in [3.63, 3.8) is 0 Å². The van der Waals surface area contributed by atoms with E-state index in [2.05, 4.69) is 5.32 Å². The quantitative estimate of drug-likeness (QED) is 0.913. The molecule has 0 saturated heterocycles. The van der Waals surface area contributed by atoms with E-state index in [0.717, 1.165) is 17.2 Å². The average Bonchev–Trinajstić information content (AvgIpc) is 2.40. The van der Waals surface area contributed by atoms with Crippen LogP contribution in [-0.2, 0) is 6.54 Å². The van der Waals surface area contributed by atoms with Gasteiger partial charge in [0.15, 0.2) is 0 Å². The summed E-state index contributed by atoms with van der Waals surface area (Å²) in [4.78, 5) is 0. The largest absolute Gasteiger partial charge is 0.497 e. The molecule has 0 amide bonds. The Morgan fingerprint density at radius 2 is 1.79 bits per heavy atom. The SMILES string of the molecule is CNCc1cc(OC)ccc1-c1ccc(F)cc1F. The maximum Gasteiger partial charge on any atom is 0.133 e. The fourth-order valence-electron chi connectivity index (χ4n) is 2.00. The molecule has 2 rings (SSSR count). The molecule has 2 nitrogen and oxygen atoms in total.